The highest BCUT2D eigenvalue weighted by molar-refractivity contribution is 6.31. The van der Waals surface area contributed by atoms with Crippen LogP contribution < -0.4 is 5.32 Å². The highest BCUT2D eigenvalue weighted by atomic mass is 35.5. The Morgan fingerprint density at radius 2 is 1.61 bits per heavy atom. The van der Waals surface area contributed by atoms with Crippen LogP contribution >= 0.6 is 11.6 Å². The van der Waals surface area contributed by atoms with Crippen molar-refractivity contribution in [2.24, 2.45) is 0 Å². The van der Waals surface area contributed by atoms with E-state index in [9.17, 15) is 29.3 Å². The molecular formula is C23H13ClN2O7. The first-order chi connectivity index (χ1) is 15.8. The lowest BCUT2D eigenvalue weighted by molar-refractivity contribution is -0.383. The highest BCUT2D eigenvalue weighted by Gasteiger charge is 2.33. The summed E-state index contributed by atoms with van der Waals surface area (Å²) in [6, 6.07) is 14.1. The number of anilines is 1. The fraction of sp³-hybridized carbons (Fsp3) is 0.0435. The molecule has 0 heterocycles. The first kappa shape index (κ1) is 21.8. The van der Waals surface area contributed by atoms with Gasteiger partial charge in [0.25, 0.3) is 11.6 Å². The van der Waals surface area contributed by atoms with Crippen LogP contribution in [-0.4, -0.2) is 35.0 Å². The molecular weight excluding hydrogens is 452 g/mol. The number of nitro groups is 1. The zero-order valence-corrected chi connectivity index (χ0v) is 17.4. The summed E-state index contributed by atoms with van der Waals surface area (Å²) in [6.07, 6.45) is 0. The fourth-order valence-electron chi connectivity index (χ4n) is 3.47. The van der Waals surface area contributed by atoms with Gasteiger partial charge in [-0.1, -0.05) is 48.0 Å². The van der Waals surface area contributed by atoms with Crippen molar-refractivity contribution in [3.63, 3.8) is 0 Å². The summed E-state index contributed by atoms with van der Waals surface area (Å²) in [7, 11) is 0. The van der Waals surface area contributed by atoms with Crippen LogP contribution in [0.4, 0.5) is 11.4 Å². The molecule has 3 aromatic carbocycles. The molecule has 1 aliphatic rings. The van der Waals surface area contributed by atoms with E-state index in [1.165, 1.54) is 42.5 Å². The van der Waals surface area contributed by atoms with Crippen molar-refractivity contribution >= 4 is 46.4 Å². The predicted octanol–water partition coefficient (Wildman–Crippen LogP) is 3.82. The first-order valence-electron chi connectivity index (χ1n) is 9.50. The van der Waals surface area contributed by atoms with E-state index in [0.717, 1.165) is 6.07 Å². The second-order valence-electron chi connectivity index (χ2n) is 6.97. The molecule has 33 heavy (non-hydrogen) atoms. The molecule has 0 saturated heterocycles. The molecule has 0 aromatic heterocycles. The molecule has 0 bridgehead atoms. The van der Waals surface area contributed by atoms with Crippen LogP contribution in [0.3, 0.4) is 0 Å². The first-order valence-corrected chi connectivity index (χ1v) is 9.88. The molecule has 10 heteroatoms. The summed E-state index contributed by atoms with van der Waals surface area (Å²) in [5.41, 5.74) is -0.338. The van der Waals surface area contributed by atoms with Gasteiger partial charge in [0.15, 0.2) is 18.2 Å². The third-order valence-electron chi connectivity index (χ3n) is 4.94. The second-order valence-corrected chi connectivity index (χ2v) is 7.41. The molecule has 4 rings (SSSR count). The predicted molar refractivity (Wildman–Crippen MR) is 117 cm³/mol. The number of hydrogen-bond donors (Lipinski definition) is 1. The number of hydrogen-bond acceptors (Lipinski definition) is 7. The van der Waals surface area contributed by atoms with Crippen molar-refractivity contribution in [1.82, 2.24) is 0 Å². The number of amides is 1. The van der Waals surface area contributed by atoms with Crippen molar-refractivity contribution in [2.45, 2.75) is 0 Å². The summed E-state index contributed by atoms with van der Waals surface area (Å²) < 4.78 is 5.01. The van der Waals surface area contributed by atoms with Crippen LogP contribution in [0.5, 0.6) is 0 Å². The van der Waals surface area contributed by atoms with Gasteiger partial charge in [-0.2, -0.15) is 0 Å². The number of rotatable bonds is 5. The number of nitrogens with zero attached hydrogens (tertiary/aromatic N) is 1. The molecule has 0 atom stereocenters. The van der Waals surface area contributed by atoms with E-state index in [0.29, 0.717) is 0 Å². The largest absolute Gasteiger partial charge is 0.452 e. The van der Waals surface area contributed by atoms with Gasteiger partial charge < -0.3 is 10.1 Å². The number of nitro benzene ring substituents is 1. The number of ether oxygens (including phenoxy) is 1. The summed E-state index contributed by atoms with van der Waals surface area (Å²) in [4.78, 5) is 61.0. The molecule has 0 radical (unpaired) electrons. The second kappa shape index (κ2) is 8.64. The Bertz CT molecular complexity index is 1370. The van der Waals surface area contributed by atoms with E-state index < -0.39 is 40.7 Å². The maximum atomic E-state index is 13.0. The normalized spacial score (nSPS) is 11.9. The number of carbonyl (C=O) groups excluding carboxylic acids is 4. The molecule has 1 N–H and O–H groups in total. The van der Waals surface area contributed by atoms with E-state index in [2.05, 4.69) is 5.32 Å². The number of ketones is 2. The van der Waals surface area contributed by atoms with E-state index >= 15 is 0 Å². The maximum Gasteiger partial charge on any atom is 0.339 e. The van der Waals surface area contributed by atoms with Crippen molar-refractivity contribution in [3.05, 3.63) is 104 Å². The standard InChI is InChI=1S/C23H13ClN2O7/c24-12-8-9-17(18(10-12)26(31)32)25-19(27)11-33-23(30)16-7-3-6-15-20(16)22(29)14-5-2-1-4-13(14)21(15)28/h1-10H,11H2,(H,25,27). The summed E-state index contributed by atoms with van der Waals surface area (Å²) in [5.74, 6) is -2.74. The minimum absolute atomic E-state index is 0.0643. The number of fused-ring (bicyclic) bond motifs is 2. The van der Waals surface area contributed by atoms with E-state index in [1.54, 1.807) is 12.1 Å². The average molecular weight is 465 g/mol. The van der Waals surface area contributed by atoms with E-state index in [1.807, 2.05) is 0 Å². The highest BCUT2D eigenvalue weighted by Crippen LogP contribution is 2.30. The Morgan fingerprint density at radius 3 is 2.30 bits per heavy atom. The van der Waals surface area contributed by atoms with E-state index in [-0.39, 0.29) is 38.5 Å². The molecule has 9 nitrogen and oxygen atoms in total. The zero-order chi connectivity index (χ0) is 23.7. The lowest BCUT2D eigenvalue weighted by atomic mass is 9.82. The van der Waals surface area contributed by atoms with Gasteiger partial charge in [0.05, 0.1) is 10.5 Å². The third-order valence-corrected chi connectivity index (χ3v) is 5.17. The van der Waals surface area contributed by atoms with Gasteiger partial charge in [-0.05, 0) is 18.2 Å². The van der Waals surface area contributed by atoms with Gasteiger partial charge in [0, 0.05) is 33.3 Å². The topological polar surface area (TPSA) is 133 Å². The van der Waals surface area contributed by atoms with Gasteiger partial charge in [-0.15, -0.1) is 0 Å². The molecule has 164 valence electrons. The maximum absolute atomic E-state index is 13.0. The van der Waals surface area contributed by atoms with Crippen molar-refractivity contribution in [1.29, 1.82) is 0 Å². The molecule has 0 saturated carbocycles. The molecule has 3 aromatic rings. The zero-order valence-electron chi connectivity index (χ0n) is 16.7. The number of halogens is 1. The Hall–Kier alpha value is -4.37. The molecule has 0 aliphatic heterocycles. The van der Waals surface area contributed by atoms with Crippen molar-refractivity contribution < 1.29 is 28.8 Å². The quantitative estimate of drug-likeness (QED) is 0.269. The molecule has 0 unspecified atom stereocenters. The van der Waals surface area contributed by atoms with Crippen LogP contribution in [0.15, 0.2) is 60.7 Å². The Morgan fingerprint density at radius 1 is 0.939 bits per heavy atom. The monoisotopic (exact) mass is 464 g/mol. The van der Waals surface area contributed by atoms with Gasteiger partial charge in [-0.3, -0.25) is 24.5 Å². The lowest BCUT2D eigenvalue weighted by Gasteiger charge is -2.19. The van der Waals surface area contributed by atoms with Crippen LogP contribution in [0, 0.1) is 10.1 Å². The summed E-state index contributed by atoms with van der Waals surface area (Å²) in [5, 5.41) is 13.5. The summed E-state index contributed by atoms with van der Waals surface area (Å²) >= 11 is 5.74. The Kier molecular flexibility index (Phi) is 5.72. The molecule has 1 aliphatic carbocycles. The number of benzene rings is 3. The van der Waals surface area contributed by atoms with Crippen LogP contribution in [-0.2, 0) is 9.53 Å². The Balaban J connectivity index is 1.53. The van der Waals surface area contributed by atoms with Crippen LogP contribution in [0.25, 0.3) is 0 Å². The SMILES string of the molecule is O=C(COC(=O)c1cccc2c1C(=O)c1ccccc1C2=O)Nc1ccc(Cl)cc1[N+](=O)[O-]. The average Bonchev–Trinajstić information content (AvgIpc) is 2.81. The third kappa shape index (κ3) is 4.09. The number of carbonyl (C=O) groups is 4. The minimum Gasteiger partial charge on any atom is -0.452 e. The Labute approximate surface area is 191 Å². The fourth-order valence-corrected chi connectivity index (χ4v) is 3.64. The van der Waals surface area contributed by atoms with E-state index in [4.69, 9.17) is 16.3 Å². The van der Waals surface area contributed by atoms with Crippen LogP contribution in [0.2, 0.25) is 5.02 Å². The van der Waals surface area contributed by atoms with Crippen molar-refractivity contribution in [3.8, 4) is 0 Å². The van der Waals surface area contributed by atoms with Gasteiger partial charge in [0.1, 0.15) is 5.69 Å². The van der Waals surface area contributed by atoms with Crippen molar-refractivity contribution in [2.75, 3.05) is 11.9 Å². The summed E-state index contributed by atoms with van der Waals surface area (Å²) in [6.45, 7) is -0.777. The number of esters is 1. The molecule has 0 fully saturated rings. The van der Waals surface area contributed by atoms with Gasteiger partial charge in [-0.25, -0.2) is 4.79 Å². The number of nitrogens with one attached hydrogen (secondary N) is 1. The van der Waals surface area contributed by atoms with Crippen LogP contribution in [0.1, 0.15) is 42.2 Å². The van der Waals surface area contributed by atoms with Gasteiger partial charge >= 0.3 is 5.97 Å². The minimum atomic E-state index is -0.992. The lowest BCUT2D eigenvalue weighted by Crippen LogP contribution is -2.26. The smallest absolute Gasteiger partial charge is 0.339 e. The molecule has 0 spiro atoms. The van der Waals surface area contributed by atoms with Gasteiger partial charge in [0.2, 0.25) is 0 Å². The molecule has 1 amide bonds.